The Labute approximate surface area is 129 Å². The van der Waals surface area contributed by atoms with Crippen molar-refractivity contribution in [2.45, 2.75) is 69.7 Å². The molecule has 3 fully saturated rings. The van der Waals surface area contributed by atoms with Gasteiger partial charge in [-0.2, -0.15) is 11.8 Å². The lowest BCUT2D eigenvalue weighted by molar-refractivity contribution is 0.0290. The van der Waals surface area contributed by atoms with E-state index < -0.39 is 0 Å². The molecule has 0 spiro atoms. The number of hydrogen-bond donors (Lipinski definition) is 1. The predicted molar refractivity (Wildman–Crippen MR) is 89.4 cm³/mol. The maximum absolute atomic E-state index is 4.02. The molecule has 1 aliphatic carbocycles. The number of nitrogens with one attached hydrogen (secondary N) is 1. The minimum atomic E-state index is 0.517. The lowest BCUT2D eigenvalue weighted by atomic mass is 9.73. The van der Waals surface area contributed by atoms with E-state index in [1.165, 1.54) is 57.5 Å². The lowest BCUT2D eigenvalue weighted by Gasteiger charge is -2.49. The van der Waals surface area contributed by atoms with Crippen molar-refractivity contribution in [3.05, 3.63) is 0 Å². The fourth-order valence-corrected chi connectivity index (χ4v) is 5.79. The van der Waals surface area contributed by atoms with Crippen molar-refractivity contribution in [2.75, 3.05) is 25.4 Å². The van der Waals surface area contributed by atoms with Crippen molar-refractivity contribution in [1.29, 1.82) is 0 Å². The highest BCUT2D eigenvalue weighted by molar-refractivity contribution is 8.00. The van der Waals surface area contributed by atoms with Crippen LogP contribution in [-0.4, -0.2) is 47.1 Å². The predicted octanol–water partition coefficient (Wildman–Crippen LogP) is 3.37. The van der Waals surface area contributed by atoms with Gasteiger partial charge >= 0.3 is 0 Å². The van der Waals surface area contributed by atoms with Crippen molar-refractivity contribution in [3.63, 3.8) is 0 Å². The number of rotatable bonds is 4. The number of nitrogens with zero attached hydrogens (tertiary/aromatic N) is 1. The van der Waals surface area contributed by atoms with Gasteiger partial charge in [0.1, 0.15) is 0 Å². The molecule has 3 heteroatoms. The second-order valence-corrected chi connectivity index (χ2v) is 9.49. The molecule has 0 aromatic heterocycles. The molecule has 3 unspecified atom stereocenters. The van der Waals surface area contributed by atoms with Gasteiger partial charge in [-0.05, 0) is 64.0 Å². The highest BCUT2D eigenvalue weighted by atomic mass is 32.2. The van der Waals surface area contributed by atoms with E-state index in [0.29, 0.717) is 4.75 Å². The van der Waals surface area contributed by atoms with Crippen LogP contribution in [0.5, 0.6) is 0 Å². The summed E-state index contributed by atoms with van der Waals surface area (Å²) in [5, 5.41) is 4.02. The molecule has 0 aromatic carbocycles. The van der Waals surface area contributed by atoms with E-state index in [2.05, 4.69) is 42.7 Å². The molecule has 116 valence electrons. The number of hydrogen-bond acceptors (Lipinski definition) is 3. The third-order valence-electron chi connectivity index (χ3n) is 5.85. The molecular weight excluding hydrogens is 264 g/mol. The van der Waals surface area contributed by atoms with Gasteiger partial charge in [0.25, 0.3) is 0 Å². The lowest BCUT2D eigenvalue weighted by Crippen LogP contribution is -2.59. The Bertz CT molecular complexity index is 311. The zero-order valence-electron chi connectivity index (χ0n) is 13.5. The summed E-state index contributed by atoms with van der Waals surface area (Å²) in [7, 11) is 0. The van der Waals surface area contributed by atoms with Crippen molar-refractivity contribution in [2.24, 2.45) is 11.8 Å². The Balaban J connectivity index is 1.59. The Morgan fingerprint density at radius 2 is 1.90 bits per heavy atom. The van der Waals surface area contributed by atoms with Crippen LogP contribution in [0.15, 0.2) is 0 Å². The largest absolute Gasteiger partial charge is 0.312 e. The van der Waals surface area contributed by atoms with E-state index in [1.54, 1.807) is 0 Å². The van der Waals surface area contributed by atoms with Crippen LogP contribution in [0.3, 0.4) is 0 Å². The molecule has 2 nitrogen and oxygen atoms in total. The number of thioether (sulfide) groups is 1. The molecule has 0 radical (unpaired) electrons. The molecule has 3 aliphatic rings. The average Bonchev–Trinajstić information content (AvgIpc) is 2.82. The third kappa shape index (κ3) is 3.20. The molecule has 0 aromatic rings. The Hall–Kier alpha value is 0.270. The second-order valence-electron chi connectivity index (χ2n) is 7.81. The molecule has 2 saturated heterocycles. The first kappa shape index (κ1) is 15.2. The van der Waals surface area contributed by atoms with Gasteiger partial charge in [-0.1, -0.05) is 6.42 Å². The van der Waals surface area contributed by atoms with E-state index in [9.17, 15) is 0 Å². The molecule has 0 amide bonds. The zero-order chi connectivity index (χ0) is 14.2. The van der Waals surface area contributed by atoms with E-state index >= 15 is 0 Å². The van der Waals surface area contributed by atoms with Crippen LogP contribution in [-0.2, 0) is 0 Å². The molecule has 3 rings (SSSR count). The van der Waals surface area contributed by atoms with Crippen molar-refractivity contribution in [3.8, 4) is 0 Å². The van der Waals surface area contributed by atoms with Gasteiger partial charge in [-0.3, -0.25) is 0 Å². The summed E-state index contributed by atoms with van der Waals surface area (Å²) < 4.78 is 0.517. The van der Waals surface area contributed by atoms with Crippen molar-refractivity contribution in [1.82, 2.24) is 10.2 Å². The van der Waals surface area contributed by atoms with Gasteiger partial charge in [-0.25, -0.2) is 0 Å². The van der Waals surface area contributed by atoms with Crippen LogP contribution in [0.2, 0.25) is 0 Å². The van der Waals surface area contributed by atoms with Crippen LogP contribution in [0, 0.1) is 11.8 Å². The van der Waals surface area contributed by atoms with Gasteiger partial charge in [0.05, 0.1) is 0 Å². The molecule has 2 aliphatic heterocycles. The summed E-state index contributed by atoms with van der Waals surface area (Å²) in [6.07, 6.45) is 7.18. The first-order chi connectivity index (χ1) is 9.57. The summed E-state index contributed by atoms with van der Waals surface area (Å²) in [4.78, 5) is 2.72. The minimum Gasteiger partial charge on any atom is -0.312 e. The number of fused-ring (bicyclic) bond motifs is 2. The quantitative estimate of drug-likeness (QED) is 0.856. The SMILES string of the molecule is CC(C)N1CC2CCCC(C1)C2NCC1(C)CCCS1. The first-order valence-electron chi connectivity index (χ1n) is 8.69. The highest BCUT2D eigenvalue weighted by Gasteiger charge is 2.41. The summed E-state index contributed by atoms with van der Waals surface area (Å²) in [6.45, 7) is 11.1. The fourth-order valence-electron chi connectivity index (χ4n) is 4.54. The van der Waals surface area contributed by atoms with Gasteiger partial charge in [0.15, 0.2) is 0 Å². The van der Waals surface area contributed by atoms with E-state index in [-0.39, 0.29) is 0 Å². The van der Waals surface area contributed by atoms with E-state index in [0.717, 1.165) is 23.9 Å². The summed E-state index contributed by atoms with van der Waals surface area (Å²) in [5.41, 5.74) is 0. The molecular formula is C17H32N2S. The molecule has 2 heterocycles. The Morgan fingerprint density at radius 3 is 2.45 bits per heavy atom. The van der Waals surface area contributed by atoms with Crippen molar-refractivity contribution < 1.29 is 0 Å². The Kier molecular flexibility index (Phi) is 4.69. The van der Waals surface area contributed by atoms with Crippen LogP contribution >= 0.6 is 11.8 Å². The smallest absolute Gasteiger partial charge is 0.0256 e. The topological polar surface area (TPSA) is 15.3 Å². The summed E-state index contributed by atoms with van der Waals surface area (Å²) in [6, 6.07) is 1.53. The molecule has 1 N–H and O–H groups in total. The minimum absolute atomic E-state index is 0.517. The maximum Gasteiger partial charge on any atom is 0.0256 e. The van der Waals surface area contributed by atoms with Crippen molar-refractivity contribution >= 4 is 11.8 Å². The fraction of sp³-hybridized carbons (Fsp3) is 1.00. The van der Waals surface area contributed by atoms with Gasteiger partial charge < -0.3 is 10.2 Å². The molecule has 20 heavy (non-hydrogen) atoms. The van der Waals surface area contributed by atoms with E-state index in [1.807, 2.05) is 0 Å². The van der Waals surface area contributed by atoms with Gasteiger partial charge in [-0.15, -0.1) is 0 Å². The summed E-state index contributed by atoms with van der Waals surface area (Å²) in [5.74, 6) is 3.18. The molecule has 3 atom stereocenters. The average molecular weight is 297 g/mol. The third-order valence-corrected chi connectivity index (χ3v) is 7.38. The Morgan fingerprint density at radius 1 is 1.20 bits per heavy atom. The molecule has 1 saturated carbocycles. The maximum atomic E-state index is 4.02. The van der Waals surface area contributed by atoms with Crippen LogP contribution in [0.25, 0.3) is 0 Å². The zero-order valence-corrected chi connectivity index (χ0v) is 14.3. The van der Waals surface area contributed by atoms with Crippen LogP contribution < -0.4 is 5.32 Å². The normalized spacial score (nSPS) is 42.3. The monoisotopic (exact) mass is 296 g/mol. The first-order valence-corrected chi connectivity index (χ1v) is 9.67. The van der Waals surface area contributed by atoms with E-state index in [4.69, 9.17) is 0 Å². The number of piperidine rings is 1. The number of likely N-dealkylation sites (tertiary alicyclic amines) is 1. The summed E-state index contributed by atoms with van der Waals surface area (Å²) >= 11 is 2.19. The van der Waals surface area contributed by atoms with Gasteiger partial charge in [0.2, 0.25) is 0 Å². The van der Waals surface area contributed by atoms with Crippen LogP contribution in [0.4, 0.5) is 0 Å². The second kappa shape index (κ2) is 6.18. The van der Waals surface area contributed by atoms with Crippen LogP contribution in [0.1, 0.15) is 52.9 Å². The highest BCUT2D eigenvalue weighted by Crippen LogP contribution is 2.39. The standard InChI is InChI=1S/C17H32N2S/c1-13(2)19-10-14-6-4-7-15(11-19)16(14)18-12-17(3)8-5-9-20-17/h13-16,18H,4-12H2,1-3H3. The molecule has 2 bridgehead atoms. The van der Waals surface area contributed by atoms with Gasteiger partial charge in [0, 0.05) is 36.5 Å².